The molecule has 0 spiro atoms. The van der Waals surface area contributed by atoms with Crippen LogP contribution in [0.5, 0.6) is 0 Å². The van der Waals surface area contributed by atoms with Gasteiger partial charge in [-0.2, -0.15) is 0 Å². The molecule has 0 aliphatic carbocycles. The van der Waals surface area contributed by atoms with E-state index < -0.39 is 5.82 Å². The van der Waals surface area contributed by atoms with Crippen molar-refractivity contribution in [3.63, 3.8) is 0 Å². The molecule has 0 aliphatic rings. The van der Waals surface area contributed by atoms with Crippen molar-refractivity contribution in [2.75, 3.05) is 0 Å². The monoisotopic (exact) mass is 217 g/mol. The van der Waals surface area contributed by atoms with Crippen LogP contribution in [0, 0.1) is 12.7 Å². The van der Waals surface area contributed by atoms with Crippen molar-refractivity contribution in [1.82, 2.24) is 4.98 Å². The highest BCUT2D eigenvalue weighted by molar-refractivity contribution is 9.10. The van der Waals surface area contributed by atoms with Gasteiger partial charge in [0.1, 0.15) is 5.69 Å². The van der Waals surface area contributed by atoms with E-state index in [0.717, 1.165) is 0 Å². The summed E-state index contributed by atoms with van der Waals surface area (Å²) in [5.74, 6) is -0.561. The predicted molar refractivity (Wildman–Crippen MR) is 42.0 cm³/mol. The minimum atomic E-state index is -0.561. The Bertz CT molecular complexity index is 301. The predicted octanol–water partition coefficient (Wildman–Crippen LogP) is 2.10. The highest BCUT2D eigenvalue weighted by Crippen LogP contribution is 2.18. The second-order valence-corrected chi connectivity index (χ2v) is 2.90. The van der Waals surface area contributed by atoms with E-state index in [2.05, 4.69) is 20.9 Å². The van der Waals surface area contributed by atoms with Crippen LogP contribution in [0.4, 0.5) is 4.39 Å². The van der Waals surface area contributed by atoms with Gasteiger partial charge >= 0.3 is 0 Å². The van der Waals surface area contributed by atoms with E-state index in [0.29, 0.717) is 16.3 Å². The first-order valence-corrected chi connectivity index (χ1v) is 3.72. The number of rotatable bonds is 1. The fourth-order valence-electron chi connectivity index (χ4n) is 0.659. The fourth-order valence-corrected chi connectivity index (χ4v) is 0.935. The summed E-state index contributed by atoms with van der Waals surface area (Å²) in [6.45, 7) is 1.58. The summed E-state index contributed by atoms with van der Waals surface area (Å²) in [5, 5.41) is 0. The average Bonchev–Trinajstić information content (AvgIpc) is 2.01. The van der Waals surface area contributed by atoms with Gasteiger partial charge in [-0.1, -0.05) is 0 Å². The summed E-state index contributed by atoms with van der Waals surface area (Å²) in [7, 11) is 0. The van der Waals surface area contributed by atoms with Crippen LogP contribution in [-0.2, 0) is 0 Å². The van der Waals surface area contributed by atoms with E-state index in [1.807, 2.05) is 0 Å². The molecule has 11 heavy (non-hydrogen) atoms. The zero-order chi connectivity index (χ0) is 8.43. The normalized spacial score (nSPS) is 9.73. The summed E-state index contributed by atoms with van der Waals surface area (Å²) in [4.78, 5) is 13.7. The molecule has 0 N–H and O–H groups in total. The molecular formula is C7H5BrFNO. The van der Waals surface area contributed by atoms with Crippen LogP contribution in [-0.4, -0.2) is 11.3 Å². The van der Waals surface area contributed by atoms with Crippen molar-refractivity contribution >= 4 is 22.2 Å². The Kier molecular flexibility index (Phi) is 2.34. The third kappa shape index (κ3) is 1.45. The van der Waals surface area contributed by atoms with Crippen molar-refractivity contribution in [2.24, 2.45) is 0 Å². The highest BCUT2D eigenvalue weighted by atomic mass is 79.9. The van der Waals surface area contributed by atoms with Crippen LogP contribution in [0.25, 0.3) is 0 Å². The Balaban J connectivity index is 3.36. The minimum absolute atomic E-state index is 0.147. The van der Waals surface area contributed by atoms with Gasteiger partial charge in [0.2, 0.25) is 0 Å². The van der Waals surface area contributed by atoms with Crippen LogP contribution in [0.1, 0.15) is 16.1 Å². The van der Waals surface area contributed by atoms with Crippen molar-refractivity contribution in [2.45, 2.75) is 6.92 Å². The Morgan fingerprint density at radius 1 is 1.73 bits per heavy atom. The number of nitrogens with zero attached hydrogens (tertiary/aromatic N) is 1. The molecule has 0 radical (unpaired) electrons. The van der Waals surface area contributed by atoms with E-state index in [1.54, 1.807) is 6.92 Å². The second-order valence-electron chi connectivity index (χ2n) is 2.05. The molecule has 0 saturated heterocycles. The molecule has 0 atom stereocenters. The Morgan fingerprint density at radius 2 is 2.36 bits per heavy atom. The maximum atomic E-state index is 12.9. The molecule has 0 fully saturated rings. The molecular weight excluding hydrogens is 213 g/mol. The molecule has 0 amide bonds. The molecule has 0 aliphatic heterocycles. The van der Waals surface area contributed by atoms with Crippen LogP contribution in [0.3, 0.4) is 0 Å². The fraction of sp³-hybridized carbons (Fsp3) is 0.143. The number of carbonyl (C=O) groups is 1. The van der Waals surface area contributed by atoms with Crippen LogP contribution in [0.2, 0.25) is 0 Å². The van der Waals surface area contributed by atoms with Gasteiger partial charge in [0, 0.05) is 16.2 Å². The highest BCUT2D eigenvalue weighted by Gasteiger charge is 2.07. The maximum absolute atomic E-state index is 12.9. The Labute approximate surface area is 71.6 Å². The summed E-state index contributed by atoms with van der Waals surface area (Å²) >= 11 is 3.09. The van der Waals surface area contributed by atoms with Gasteiger partial charge in [0.25, 0.3) is 0 Å². The van der Waals surface area contributed by atoms with Gasteiger partial charge in [-0.05, 0) is 22.9 Å². The number of carbonyl (C=O) groups excluding carboxylic acids is 1. The molecule has 0 aromatic carbocycles. The summed E-state index contributed by atoms with van der Waals surface area (Å²) < 4.78 is 13.5. The summed E-state index contributed by atoms with van der Waals surface area (Å²) in [5.41, 5.74) is 0.257. The zero-order valence-corrected chi connectivity index (χ0v) is 7.35. The molecule has 1 rings (SSSR count). The topological polar surface area (TPSA) is 30.0 Å². The standard InChI is InChI=1S/C7H5BrFNO/c1-4-5(8)2-10-6(3-11)7(4)9/h2-3H,1H3. The third-order valence-electron chi connectivity index (χ3n) is 1.34. The average molecular weight is 218 g/mol. The number of hydrogen-bond donors (Lipinski definition) is 0. The number of pyridine rings is 1. The van der Waals surface area contributed by atoms with Gasteiger partial charge in [0.15, 0.2) is 12.1 Å². The van der Waals surface area contributed by atoms with E-state index in [9.17, 15) is 9.18 Å². The third-order valence-corrected chi connectivity index (χ3v) is 2.14. The molecule has 1 heterocycles. The molecule has 58 valence electrons. The van der Waals surface area contributed by atoms with Crippen molar-refractivity contribution < 1.29 is 9.18 Å². The lowest BCUT2D eigenvalue weighted by molar-refractivity contribution is 0.111. The molecule has 1 aromatic heterocycles. The first-order chi connectivity index (χ1) is 5.16. The Morgan fingerprint density at radius 3 is 2.91 bits per heavy atom. The van der Waals surface area contributed by atoms with E-state index in [-0.39, 0.29) is 5.69 Å². The van der Waals surface area contributed by atoms with Crippen molar-refractivity contribution in [3.05, 3.63) is 27.7 Å². The zero-order valence-electron chi connectivity index (χ0n) is 5.77. The largest absolute Gasteiger partial charge is 0.296 e. The number of hydrogen-bond acceptors (Lipinski definition) is 2. The minimum Gasteiger partial charge on any atom is -0.296 e. The van der Waals surface area contributed by atoms with Gasteiger partial charge in [-0.3, -0.25) is 4.79 Å². The lowest BCUT2D eigenvalue weighted by Crippen LogP contribution is -1.96. The van der Waals surface area contributed by atoms with Crippen LogP contribution < -0.4 is 0 Å². The second kappa shape index (κ2) is 3.09. The van der Waals surface area contributed by atoms with Crippen molar-refractivity contribution in [3.8, 4) is 0 Å². The van der Waals surface area contributed by atoms with E-state index >= 15 is 0 Å². The molecule has 1 aromatic rings. The number of aromatic nitrogens is 1. The van der Waals surface area contributed by atoms with Crippen LogP contribution >= 0.6 is 15.9 Å². The molecule has 0 unspecified atom stereocenters. The Hall–Kier alpha value is -0.770. The number of aldehydes is 1. The smallest absolute Gasteiger partial charge is 0.171 e. The van der Waals surface area contributed by atoms with Crippen LogP contribution in [0.15, 0.2) is 10.7 Å². The molecule has 4 heteroatoms. The first kappa shape index (κ1) is 8.33. The molecule has 2 nitrogen and oxygen atoms in total. The van der Waals surface area contributed by atoms with E-state index in [1.165, 1.54) is 6.20 Å². The number of halogens is 2. The van der Waals surface area contributed by atoms with Gasteiger partial charge in [-0.25, -0.2) is 9.37 Å². The van der Waals surface area contributed by atoms with Gasteiger partial charge in [-0.15, -0.1) is 0 Å². The lowest BCUT2D eigenvalue weighted by Gasteiger charge is -1.99. The first-order valence-electron chi connectivity index (χ1n) is 2.92. The van der Waals surface area contributed by atoms with E-state index in [4.69, 9.17) is 0 Å². The maximum Gasteiger partial charge on any atom is 0.171 e. The molecule has 0 bridgehead atoms. The SMILES string of the molecule is Cc1c(Br)cnc(C=O)c1F. The summed E-state index contributed by atoms with van der Waals surface area (Å²) in [6, 6.07) is 0. The quantitative estimate of drug-likeness (QED) is 0.675. The lowest BCUT2D eigenvalue weighted by atomic mass is 10.2. The summed E-state index contributed by atoms with van der Waals surface area (Å²) in [6.07, 6.45) is 1.80. The van der Waals surface area contributed by atoms with Gasteiger partial charge < -0.3 is 0 Å². The van der Waals surface area contributed by atoms with Crippen molar-refractivity contribution in [1.29, 1.82) is 0 Å². The molecule has 0 saturated carbocycles. The van der Waals surface area contributed by atoms with Gasteiger partial charge in [0.05, 0.1) is 0 Å².